The minimum absolute atomic E-state index is 1.61. The molecular formula is C7H9F3OSi. The molecule has 68 valence electrons. The van der Waals surface area contributed by atoms with E-state index >= 15 is 0 Å². The number of alkyl halides is 3. The largest absolute Gasteiger partial charge is 0.462 e. The van der Waals surface area contributed by atoms with E-state index < -0.39 is 20.0 Å². The fraction of sp³-hybridized carbons (Fsp3) is 0.571. The second-order valence-electron chi connectivity index (χ2n) is 3.33. The molecule has 0 bridgehead atoms. The summed E-state index contributed by atoms with van der Waals surface area (Å²) in [6, 6.07) is 0. The first-order valence-corrected chi connectivity index (χ1v) is 6.77. The molecule has 0 saturated carbocycles. The molecule has 0 amide bonds. The Morgan fingerprint density at radius 2 is 1.67 bits per heavy atom. The van der Waals surface area contributed by atoms with E-state index in [0.717, 1.165) is 0 Å². The first kappa shape index (κ1) is 11.2. The predicted octanol–water partition coefficient (Wildman–Crippen LogP) is 2.00. The highest BCUT2D eigenvalue weighted by Crippen LogP contribution is 2.15. The van der Waals surface area contributed by atoms with Crippen molar-refractivity contribution < 1.29 is 18.0 Å². The third-order valence-electron chi connectivity index (χ3n) is 0.808. The third-order valence-corrected chi connectivity index (χ3v) is 1.68. The molecule has 0 aromatic carbocycles. The standard InChI is InChI=1S/C7H9F3OSi/c1-12(2,3)5-4-6(11)7(8,9)10/h1-3H3. The average molecular weight is 194 g/mol. The SMILES string of the molecule is C[Si](C)(C)C#CC(=O)C(F)(F)F. The van der Waals surface area contributed by atoms with Gasteiger partial charge < -0.3 is 0 Å². The Morgan fingerprint density at radius 1 is 1.25 bits per heavy atom. The second-order valence-corrected chi connectivity index (χ2v) is 8.08. The fourth-order valence-corrected chi connectivity index (χ4v) is 0.804. The number of rotatable bonds is 0. The zero-order chi connectivity index (χ0) is 9.99. The molecule has 0 heterocycles. The molecule has 0 aromatic rings. The van der Waals surface area contributed by atoms with Crippen LogP contribution in [0.1, 0.15) is 0 Å². The summed E-state index contributed by atoms with van der Waals surface area (Å²) in [7, 11) is -1.88. The summed E-state index contributed by atoms with van der Waals surface area (Å²) in [6.07, 6.45) is -4.81. The highest BCUT2D eigenvalue weighted by Gasteiger charge is 2.37. The van der Waals surface area contributed by atoms with Crippen LogP contribution in [0.25, 0.3) is 0 Å². The van der Waals surface area contributed by atoms with Gasteiger partial charge in [0.25, 0.3) is 0 Å². The molecule has 5 heteroatoms. The Labute approximate surface area is 70.0 Å². The number of Topliss-reactive ketones (excluding diaryl/α,β-unsaturated/α-hetero) is 1. The van der Waals surface area contributed by atoms with Crippen molar-refractivity contribution >= 4 is 13.9 Å². The Bertz CT molecular complexity index is 238. The number of hydrogen-bond donors (Lipinski definition) is 0. The van der Waals surface area contributed by atoms with E-state index in [2.05, 4.69) is 5.54 Å². The Kier molecular flexibility index (Phi) is 3.10. The Morgan fingerprint density at radius 3 is 1.92 bits per heavy atom. The van der Waals surface area contributed by atoms with Gasteiger partial charge in [-0.1, -0.05) is 19.6 Å². The van der Waals surface area contributed by atoms with E-state index in [-0.39, 0.29) is 0 Å². The summed E-state index contributed by atoms with van der Waals surface area (Å²) in [5.41, 5.74) is 2.35. The minimum atomic E-state index is -4.81. The predicted molar refractivity (Wildman–Crippen MR) is 42.2 cm³/mol. The van der Waals surface area contributed by atoms with E-state index in [1.807, 2.05) is 0 Å². The van der Waals surface area contributed by atoms with Crippen molar-refractivity contribution in [2.45, 2.75) is 25.8 Å². The molecule has 0 fully saturated rings. The van der Waals surface area contributed by atoms with Gasteiger partial charge in [0.2, 0.25) is 0 Å². The van der Waals surface area contributed by atoms with Gasteiger partial charge in [-0.2, -0.15) is 13.2 Å². The van der Waals surface area contributed by atoms with Gasteiger partial charge in [0, 0.05) is 0 Å². The minimum Gasteiger partial charge on any atom is -0.275 e. The van der Waals surface area contributed by atoms with Gasteiger partial charge in [0.05, 0.1) is 0 Å². The highest BCUT2D eigenvalue weighted by molar-refractivity contribution is 6.84. The molecule has 1 nitrogen and oxygen atoms in total. The first-order valence-electron chi connectivity index (χ1n) is 3.27. The van der Waals surface area contributed by atoms with Crippen LogP contribution in [-0.2, 0) is 4.79 Å². The lowest BCUT2D eigenvalue weighted by Gasteiger charge is -2.03. The van der Waals surface area contributed by atoms with Crippen molar-refractivity contribution in [3.63, 3.8) is 0 Å². The molecule has 0 rings (SSSR count). The van der Waals surface area contributed by atoms with Crippen LogP contribution in [-0.4, -0.2) is 20.0 Å². The van der Waals surface area contributed by atoms with Crippen LogP contribution in [0.4, 0.5) is 13.2 Å². The van der Waals surface area contributed by atoms with Crippen molar-refractivity contribution in [1.82, 2.24) is 0 Å². The van der Waals surface area contributed by atoms with E-state index in [1.54, 1.807) is 25.6 Å². The lowest BCUT2D eigenvalue weighted by Crippen LogP contribution is -2.23. The van der Waals surface area contributed by atoms with Crippen molar-refractivity contribution in [2.75, 3.05) is 0 Å². The van der Waals surface area contributed by atoms with Gasteiger partial charge in [-0.15, -0.1) is 5.54 Å². The summed E-state index contributed by atoms with van der Waals surface area (Å²) >= 11 is 0. The van der Waals surface area contributed by atoms with Gasteiger partial charge in [-0.25, -0.2) is 0 Å². The Hall–Kier alpha value is -0.763. The zero-order valence-electron chi connectivity index (χ0n) is 7.04. The van der Waals surface area contributed by atoms with Crippen LogP contribution in [0, 0.1) is 11.5 Å². The molecule has 0 spiro atoms. The summed E-state index contributed by atoms with van der Waals surface area (Å²) < 4.78 is 34.8. The Balaban J connectivity index is 4.46. The average Bonchev–Trinajstić information content (AvgIpc) is 1.78. The van der Waals surface area contributed by atoms with Gasteiger partial charge in [-0.05, 0) is 5.92 Å². The third kappa shape index (κ3) is 4.96. The number of ketones is 1. The maximum Gasteiger partial charge on any atom is 0.462 e. The van der Waals surface area contributed by atoms with Gasteiger partial charge in [-0.3, -0.25) is 4.79 Å². The molecule has 0 saturated heterocycles. The van der Waals surface area contributed by atoms with Crippen LogP contribution in [0.3, 0.4) is 0 Å². The van der Waals surface area contributed by atoms with Crippen molar-refractivity contribution in [3.8, 4) is 11.5 Å². The van der Waals surface area contributed by atoms with Crippen LogP contribution in [0.5, 0.6) is 0 Å². The molecule has 0 aliphatic rings. The molecule has 0 radical (unpaired) electrons. The monoisotopic (exact) mass is 194 g/mol. The normalized spacial score (nSPS) is 11.8. The first-order chi connectivity index (χ1) is 5.13. The molecule has 0 unspecified atom stereocenters. The topological polar surface area (TPSA) is 17.1 Å². The maximum absolute atomic E-state index is 11.6. The van der Waals surface area contributed by atoms with Crippen molar-refractivity contribution in [1.29, 1.82) is 0 Å². The number of hydrogen-bond acceptors (Lipinski definition) is 1. The summed E-state index contributed by atoms with van der Waals surface area (Å²) in [6.45, 7) is 5.30. The van der Waals surface area contributed by atoms with Crippen molar-refractivity contribution in [3.05, 3.63) is 0 Å². The maximum atomic E-state index is 11.6. The molecule has 0 aliphatic carbocycles. The number of carbonyl (C=O) groups excluding carboxylic acids is 1. The quantitative estimate of drug-likeness (QED) is 0.426. The lowest BCUT2D eigenvalue weighted by molar-refractivity contribution is -0.164. The number of carbonyl (C=O) groups is 1. The van der Waals surface area contributed by atoms with E-state index in [9.17, 15) is 18.0 Å². The zero-order valence-corrected chi connectivity index (χ0v) is 8.04. The van der Waals surface area contributed by atoms with E-state index in [4.69, 9.17) is 0 Å². The van der Waals surface area contributed by atoms with Crippen LogP contribution in [0.2, 0.25) is 19.6 Å². The molecule has 0 N–H and O–H groups in total. The van der Waals surface area contributed by atoms with Crippen molar-refractivity contribution in [2.24, 2.45) is 0 Å². The molecule has 0 atom stereocenters. The second kappa shape index (κ2) is 3.31. The molecular weight excluding hydrogens is 185 g/mol. The van der Waals surface area contributed by atoms with Gasteiger partial charge in [0.1, 0.15) is 8.07 Å². The van der Waals surface area contributed by atoms with E-state index in [1.165, 1.54) is 0 Å². The van der Waals surface area contributed by atoms with Crippen LogP contribution < -0.4 is 0 Å². The number of halogens is 3. The smallest absolute Gasteiger partial charge is 0.275 e. The van der Waals surface area contributed by atoms with Crippen LogP contribution in [0.15, 0.2) is 0 Å². The van der Waals surface area contributed by atoms with E-state index in [0.29, 0.717) is 0 Å². The van der Waals surface area contributed by atoms with Gasteiger partial charge in [0.15, 0.2) is 0 Å². The summed E-state index contributed by atoms with van der Waals surface area (Å²) in [5, 5.41) is 0. The van der Waals surface area contributed by atoms with Crippen LogP contribution >= 0.6 is 0 Å². The lowest BCUT2D eigenvalue weighted by atomic mass is 10.4. The summed E-state index contributed by atoms with van der Waals surface area (Å²) in [4.78, 5) is 10.2. The fourth-order valence-electron chi connectivity index (χ4n) is 0.315. The molecule has 0 aromatic heterocycles. The van der Waals surface area contributed by atoms with Gasteiger partial charge >= 0.3 is 12.0 Å². The highest BCUT2D eigenvalue weighted by atomic mass is 28.3. The molecule has 12 heavy (non-hydrogen) atoms. The summed E-state index contributed by atoms with van der Waals surface area (Å²) in [5.74, 6) is -0.343. The molecule has 0 aliphatic heterocycles.